The van der Waals surface area contributed by atoms with Crippen molar-refractivity contribution in [2.24, 2.45) is 0 Å². The zero-order valence-electron chi connectivity index (χ0n) is 11.2. The zero-order chi connectivity index (χ0) is 14.7. The van der Waals surface area contributed by atoms with E-state index in [1.165, 1.54) is 0 Å². The number of anilines is 2. The Morgan fingerprint density at radius 3 is 2.76 bits per heavy atom. The van der Waals surface area contributed by atoms with Crippen LogP contribution in [-0.2, 0) is 4.79 Å². The summed E-state index contributed by atoms with van der Waals surface area (Å²) in [7, 11) is 0. The molecule has 0 aliphatic heterocycles. The SMILES string of the molecule is Nc1ccccc1OCC(=O)Nc1nc2ccccc2[nH]1. The Morgan fingerprint density at radius 1 is 1.19 bits per heavy atom. The molecule has 106 valence electrons. The third-order valence-electron chi connectivity index (χ3n) is 2.92. The molecule has 2 aromatic carbocycles. The number of aromatic amines is 1. The number of fused-ring (bicyclic) bond motifs is 1. The van der Waals surface area contributed by atoms with Gasteiger partial charge in [0.1, 0.15) is 5.75 Å². The van der Waals surface area contributed by atoms with Crippen LogP contribution in [0.5, 0.6) is 5.75 Å². The molecule has 3 aromatic rings. The Bertz CT molecular complexity index is 749. The van der Waals surface area contributed by atoms with Crippen LogP contribution in [-0.4, -0.2) is 22.5 Å². The highest BCUT2D eigenvalue weighted by Crippen LogP contribution is 2.19. The van der Waals surface area contributed by atoms with Gasteiger partial charge in [0.15, 0.2) is 6.61 Å². The lowest BCUT2D eigenvalue weighted by Crippen LogP contribution is -2.21. The first-order valence-corrected chi connectivity index (χ1v) is 6.44. The summed E-state index contributed by atoms with van der Waals surface area (Å²) >= 11 is 0. The van der Waals surface area contributed by atoms with Gasteiger partial charge in [0.05, 0.1) is 16.7 Å². The molecule has 1 heterocycles. The molecule has 0 bridgehead atoms. The second-order valence-corrected chi connectivity index (χ2v) is 4.48. The molecule has 3 rings (SSSR count). The van der Waals surface area contributed by atoms with Gasteiger partial charge in [-0.3, -0.25) is 10.1 Å². The first kappa shape index (κ1) is 13.0. The van der Waals surface area contributed by atoms with Crippen molar-refractivity contribution < 1.29 is 9.53 Å². The number of benzene rings is 2. The maximum atomic E-state index is 11.8. The van der Waals surface area contributed by atoms with Crippen LogP contribution in [0.4, 0.5) is 11.6 Å². The number of nitrogens with one attached hydrogen (secondary N) is 2. The van der Waals surface area contributed by atoms with Crippen molar-refractivity contribution in [2.75, 3.05) is 17.7 Å². The number of nitrogens with two attached hydrogens (primary N) is 1. The van der Waals surface area contributed by atoms with E-state index in [-0.39, 0.29) is 12.5 Å². The Labute approximate surface area is 120 Å². The van der Waals surface area contributed by atoms with Gasteiger partial charge in [0, 0.05) is 0 Å². The number of hydrogen-bond donors (Lipinski definition) is 3. The van der Waals surface area contributed by atoms with E-state index in [9.17, 15) is 4.79 Å². The molecule has 6 heteroatoms. The first-order valence-electron chi connectivity index (χ1n) is 6.44. The minimum absolute atomic E-state index is 0.134. The third kappa shape index (κ3) is 2.94. The fourth-order valence-electron chi connectivity index (χ4n) is 1.94. The predicted octanol–water partition coefficient (Wildman–Crippen LogP) is 2.16. The minimum Gasteiger partial charge on any atom is -0.482 e. The number of carbonyl (C=O) groups excluding carboxylic acids is 1. The fraction of sp³-hybridized carbons (Fsp3) is 0.0667. The zero-order valence-corrected chi connectivity index (χ0v) is 11.2. The van der Waals surface area contributed by atoms with E-state index in [1.54, 1.807) is 24.3 Å². The predicted molar refractivity (Wildman–Crippen MR) is 81.1 cm³/mol. The third-order valence-corrected chi connectivity index (χ3v) is 2.92. The molecule has 1 amide bonds. The average molecular weight is 282 g/mol. The second-order valence-electron chi connectivity index (χ2n) is 4.48. The summed E-state index contributed by atoms with van der Waals surface area (Å²) in [6, 6.07) is 14.6. The number of amides is 1. The number of para-hydroxylation sites is 4. The highest BCUT2D eigenvalue weighted by atomic mass is 16.5. The largest absolute Gasteiger partial charge is 0.482 e. The van der Waals surface area contributed by atoms with E-state index < -0.39 is 0 Å². The summed E-state index contributed by atoms with van der Waals surface area (Å²) in [6.45, 7) is -0.134. The van der Waals surface area contributed by atoms with Crippen LogP contribution < -0.4 is 15.8 Å². The monoisotopic (exact) mass is 282 g/mol. The number of imidazole rings is 1. The van der Waals surface area contributed by atoms with Crippen molar-refractivity contribution in [2.45, 2.75) is 0 Å². The van der Waals surface area contributed by atoms with Gasteiger partial charge >= 0.3 is 0 Å². The number of ether oxygens (including phenoxy) is 1. The standard InChI is InChI=1S/C15H14N4O2/c16-10-5-1-4-8-13(10)21-9-14(20)19-15-17-11-6-2-3-7-12(11)18-15/h1-8H,9,16H2,(H2,17,18,19,20). The number of hydrogen-bond acceptors (Lipinski definition) is 4. The lowest BCUT2D eigenvalue weighted by Gasteiger charge is -2.07. The van der Waals surface area contributed by atoms with Gasteiger partial charge in [-0.2, -0.15) is 0 Å². The normalized spacial score (nSPS) is 10.5. The van der Waals surface area contributed by atoms with E-state index in [0.29, 0.717) is 17.4 Å². The molecule has 21 heavy (non-hydrogen) atoms. The van der Waals surface area contributed by atoms with Crippen LogP contribution in [0.3, 0.4) is 0 Å². The molecule has 0 fully saturated rings. The molecule has 4 N–H and O–H groups in total. The van der Waals surface area contributed by atoms with Gasteiger partial charge in [-0.25, -0.2) is 4.98 Å². The Kier molecular flexibility index (Phi) is 3.42. The van der Waals surface area contributed by atoms with Gasteiger partial charge < -0.3 is 15.5 Å². The molecule has 0 radical (unpaired) electrons. The maximum absolute atomic E-state index is 11.8. The van der Waals surface area contributed by atoms with Crippen LogP contribution in [0.15, 0.2) is 48.5 Å². The number of rotatable bonds is 4. The van der Waals surface area contributed by atoms with Crippen molar-refractivity contribution >= 4 is 28.6 Å². The minimum atomic E-state index is -0.308. The van der Waals surface area contributed by atoms with Crippen molar-refractivity contribution in [1.82, 2.24) is 9.97 Å². The van der Waals surface area contributed by atoms with Crippen molar-refractivity contribution in [3.8, 4) is 5.75 Å². The van der Waals surface area contributed by atoms with E-state index in [2.05, 4.69) is 15.3 Å². The van der Waals surface area contributed by atoms with Gasteiger partial charge in [-0.05, 0) is 24.3 Å². The molecule has 0 aliphatic rings. The highest BCUT2D eigenvalue weighted by Gasteiger charge is 2.08. The first-order chi connectivity index (χ1) is 10.2. The Morgan fingerprint density at radius 2 is 1.95 bits per heavy atom. The van der Waals surface area contributed by atoms with Crippen LogP contribution >= 0.6 is 0 Å². The van der Waals surface area contributed by atoms with Crippen LogP contribution in [0.1, 0.15) is 0 Å². The Balaban J connectivity index is 1.62. The van der Waals surface area contributed by atoms with Gasteiger partial charge in [-0.1, -0.05) is 24.3 Å². The van der Waals surface area contributed by atoms with Crippen LogP contribution in [0.25, 0.3) is 11.0 Å². The number of H-pyrrole nitrogens is 1. The van der Waals surface area contributed by atoms with E-state index in [0.717, 1.165) is 11.0 Å². The van der Waals surface area contributed by atoms with Gasteiger partial charge in [0.25, 0.3) is 5.91 Å². The van der Waals surface area contributed by atoms with Crippen molar-refractivity contribution in [1.29, 1.82) is 0 Å². The number of nitrogens with zero attached hydrogens (tertiary/aromatic N) is 1. The van der Waals surface area contributed by atoms with Crippen molar-refractivity contribution in [3.05, 3.63) is 48.5 Å². The summed E-state index contributed by atoms with van der Waals surface area (Å²) in [5.74, 6) is 0.570. The molecule has 0 aliphatic carbocycles. The molecule has 6 nitrogen and oxygen atoms in total. The summed E-state index contributed by atoms with van der Waals surface area (Å²) < 4.78 is 5.37. The number of carbonyl (C=O) groups is 1. The molecule has 1 aromatic heterocycles. The lowest BCUT2D eigenvalue weighted by atomic mass is 10.3. The topological polar surface area (TPSA) is 93.0 Å². The van der Waals surface area contributed by atoms with E-state index in [1.807, 2.05) is 24.3 Å². The van der Waals surface area contributed by atoms with Crippen LogP contribution in [0, 0.1) is 0 Å². The average Bonchev–Trinajstić information content (AvgIpc) is 2.88. The van der Waals surface area contributed by atoms with Crippen molar-refractivity contribution in [3.63, 3.8) is 0 Å². The maximum Gasteiger partial charge on any atom is 0.264 e. The summed E-state index contributed by atoms with van der Waals surface area (Å²) in [4.78, 5) is 19.1. The van der Waals surface area contributed by atoms with Crippen LogP contribution in [0.2, 0.25) is 0 Å². The molecule has 0 saturated heterocycles. The summed E-state index contributed by atoms with van der Waals surface area (Å²) in [5.41, 5.74) is 7.88. The summed E-state index contributed by atoms with van der Waals surface area (Å²) in [5, 5.41) is 2.65. The number of aromatic nitrogens is 2. The quantitative estimate of drug-likeness (QED) is 0.639. The number of nitrogen functional groups attached to an aromatic ring is 1. The molecule has 0 unspecified atom stereocenters. The molecule has 0 saturated carbocycles. The summed E-state index contributed by atoms with van der Waals surface area (Å²) in [6.07, 6.45) is 0. The smallest absolute Gasteiger partial charge is 0.264 e. The van der Waals surface area contributed by atoms with E-state index in [4.69, 9.17) is 10.5 Å². The van der Waals surface area contributed by atoms with Gasteiger partial charge in [-0.15, -0.1) is 0 Å². The molecular formula is C15H14N4O2. The Hall–Kier alpha value is -3.02. The molecule has 0 spiro atoms. The van der Waals surface area contributed by atoms with E-state index >= 15 is 0 Å². The second kappa shape index (κ2) is 5.54. The molecule has 0 atom stereocenters. The lowest BCUT2D eigenvalue weighted by molar-refractivity contribution is -0.118. The molecular weight excluding hydrogens is 268 g/mol. The van der Waals surface area contributed by atoms with Gasteiger partial charge in [0.2, 0.25) is 5.95 Å². The highest BCUT2D eigenvalue weighted by molar-refractivity contribution is 5.92. The fourth-order valence-corrected chi connectivity index (χ4v) is 1.94.